The molecule has 146 valence electrons. The Hall–Kier alpha value is -1.70. The summed E-state index contributed by atoms with van der Waals surface area (Å²) < 4.78 is 27.3. The number of aryl methyl sites for hydroxylation is 2. The van der Waals surface area contributed by atoms with Crippen LogP contribution in [0.3, 0.4) is 0 Å². The number of piperazine rings is 1. The third-order valence-corrected chi connectivity index (χ3v) is 8.22. The van der Waals surface area contributed by atoms with Crippen LogP contribution in [0.4, 0.5) is 0 Å². The number of carbonyl (C=O) groups is 1. The maximum absolute atomic E-state index is 12.7. The zero-order valence-corrected chi connectivity index (χ0v) is 17.5. The first-order chi connectivity index (χ1) is 12.9. The van der Waals surface area contributed by atoms with Gasteiger partial charge in [-0.05, 0) is 49.6 Å². The van der Waals surface area contributed by atoms with Crippen molar-refractivity contribution in [3.05, 3.63) is 52.4 Å². The molecular formula is C20H26N2O3S2. The molecule has 5 nitrogen and oxygen atoms in total. The number of sulfonamides is 1. The fourth-order valence-corrected chi connectivity index (χ4v) is 6.05. The largest absolute Gasteiger partial charge is 0.336 e. The van der Waals surface area contributed by atoms with Gasteiger partial charge in [0.25, 0.3) is 15.9 Å². The van der Waals surface area contributed by atoms with Crippen LogP contribution in [0.5, 0.6) is 0 Å². The van der Waals surface area contributed by atoms with Crippen LogP contribution in [0.2, 0.25) is 0 Å². The molecule has 0 saturated carbocycles. The highest BCUT2D eigenvalue weighted by Gasteiger charge is 2.31. The molecule has 3 rings (SSSR count). The van der Waals surface area contributed by atoms with Crippen molar-refractivity contribution in [1.29, 1.82) is 0 Å². The molecule has 1 amide bonds. The van der Waals surface area contributed by atoms with Crippen molar-refractivity contribution in [2.24, 2.45) is 0 Å². The van der Waals surface area contributed by atoms with E-state index in [4.69, 9.17) is 0 Å². The van der Waals surface area contributed by atoms with Crippen molar-refractivity contribution in [2.45, 2.75) is 37.3 Å². The van der Waals surface area contributed by atoms with Gasteiger partial charge in [-0.25, -0.2) is 8.42 Å². The Kier molecular flexibility index (Phi) is 6.34. The molecule has 0 N–H and O–H groups in total. The Morgan fingerprint density at radius 3 is 2.26 bits per heavy atom. The van der Waals surface area contributed by atoms with Gasteiger partial charge in [-0.1, -0.05) is 25.5 Å². The third-order valence-electron chi connectivity index (χ3n) is 4.86. The van der Waals surface area contributed by atoms with Crippen molar-refractivity contribution in [3.63, 3.8) is 0 Å². The van der Waals surface area contributed by atoms with Crippen LogP contribution < -0.4 is 0 Å². The fourth-order valence-electron chi connectivity index (χ4n) is 3.19. The number of thiophene rings is 1. The molecule has 1 fully saturated rings. The predicted molar refractivity (Wildman–Crippen MR) is 109 cm³/mol. The number of benzene rings is 1. The lowest BCUT2D eigenvalue weighted by Gasteiger charge is -2.33. The molecular weight excluding hydrogens is 380 g/mol. The number of rotatable bonds is 6. The lowest BCUT2D eigenvalue weighted by Crippen LogP contribution is -2.50. The van der Waals surface area contributed by atoms with Crippen LogP contribution in [0.1, 0.15) is 40.6 Å². The number of unbranched alkanes of at least 4 members (excludes halogenated alkanes) is 1. The number of hydrogen-bond acceptors (Lipinski definition) is 4. The number of amides is 1. The summed E-state index contributed by atoms with van der Waals surface area (Å²) in [6, 6.07) is 11.3. The number of hydrogen-bond donors (Lipinski definition) is 0. The zero-order valence-electron chi connectivity index (χ0n) is 15.8. The van der Waals surface area contributed by atoms with E-state index in [9.17, 15) is 13.2 Å². The highest BCUT2D eigenvalue weighted by molar-refractivity contribution is 7.91. The van der Waals surface area contributed by atoms with E-state index in [2.05, 4.69) is 6.92 Å². The first-order valence-corrected chi connectivity index (χ1v) is 11.6. The molecule has 2 heterocycles. The fraction of sp³-hybridized carbons (Fsp3) is 0.450. The summed E-state index contributed by atoms with van der Waals surface area (Å²) in [6.07, 6.45) is 3.33. The Morgan fingerprint density at radius 2 is 1.70 bits per heavy atom. The molecule has 27 heavy (non-hydrogen) atoms. The van der Waals surface area contributed by atoms with Gasteiger partial charge in [0, 0.05) is 36.6 Å². The first kappa shape index (κ1) is 20.0. The molecule has 1 saturated heterocycles. The molecule has 1 aromatic carbocycles. The van der Waals surface area contributed by atoms with E-state index in [1.165, 1.54) is 21.2 Å². The summed E-state index contributed by atoms with van der Waals surface area (Å²) in [7, 11) is -3.46. The summed E-state index contributed by atoms with van der Waals surface area (Å²) >= 11 is 1.29. The van der Waals surface area contributed by atoms with Gasteiger partial charge in [-0.3, -0.25) is 4.79 Å². The quantitative estimate of drug-likeness (QED) is 0.737. The second kappa shape index (κ2) is 8.54. The number of nitrogens with zero attached hydrogens (tertiary/aromatic N) is 2. The number of carbonyl (C=O) groups excluding carboxylic acids is 1. The molecule has 0 bridgehead atoms. The second-order valence-electron chi connectivity index (χ2n) is 6.86. The van der Waals surface area contributed by atoms with Gasteiger partial charge in [0.15, 0.2) is 0 Å². The highest BCUT2D eigenvalue weighted by Crippen LogP contribution is 2.25. The van der Waals surface area contributed by atoms with E-state index in [0.29, 0.717) is 36.0 Å². The normalized spacial score (nSPS) is 15.9. The predicted octanol–water partition coefficient (Wildman–Crippen LogP) is 3.55. The lowest BCUT2D eigenvalue weighted by atomic mass is 10.1. The molecule has 0 radical (unpaired) electrons. The Morgan fingerprint density at radius 1 is 1.04 bits per heavy atom. The average molecular weight is 407 g/mol. The maximum Gasteiger partial charge on any atom is 0.253 e. The van der Waals surface area contributed by atoms with E-state index in [1.54, 1.807) is 11.0 Å². The van der Waals surface area contributed by atoms with Crippen LogP contribution in [0.15, 0.2) is 40.6 Å². The monoisotopic (exact) mass is 406 g/mol. The zero-order chi connectivity index (χ0) is 19.4. The van der Waals surface area contributed by atoms with Crippen LogP contribution in [0, 0.1) is 6.92 Å². The lowest BCUT2D eigenvalue weighted by molar-refractivity contribution is 0.0698. The molecule has 2 aromatic rings. The second-order valence-corrected chi connectivity index (χ2v) is 10.3. The van der Waals surface area contributed by atoms with Crippen LogP contribution in [0.25, 0.3) is 0 Å². The molecule has 0 atom stereocenters. The third kappa shape index (κ3) is 4.59. The minimum Gasteiger partial charge on any atom is -0.336 e. The SMILES string of the molecule is CCCCc1ccc(C(=O)N2CCN(S(=O)(=O)c3ccc(C)s3)CC2)cc1. The molecule has 7 heteroatoms. The van der Waals surface area contributed by atoms with Crippen LogP contribution >= 0.6 is 11.3 Å². The Labute approximate surface area is 165 Å². The van der Waals surface area contributed by atoms with Crippen molar-refractivity contribution < 1.29 is 13.2 Å². The van der Waals surface area contributed by atoms with E-state index in [-0.39, 0.29) is 5.91 Å². The topological polar surface area (TPSA) is 57.7 Å². The van der Waals surface area contributed by atoms with E-state index in [0.717, 1.165) is 24.1 Å². The standard InChI is InChI=1S/C20H26N2O3S2/c1-3-4-5-17-7-9-18(10-8-17)20(23)21-12-14-22(15-13-21)27(24,25)19-11-6-16(2)26-19/h6-11H,3-5,12-15H2,1-2H3. The molecule has 0 aliphatic carbocycles. The van der Waals surface area contributed by atoms with E-state index >= 15 is 0 Å². The summed E-state index contributed by atoms with van der Waals surface area (Å²) in [4.78, 5) is 15.4. The average Bonchev–Trinajstić information content (AvgIpc) is 3.13. The minimum atomic E-state index is -3.46. The van der Waals surface area contributed by atoms with E-state index in [1.807, 2.05) is 37.3 Å². The van der Waals surface area contributed by atoms with Gasteiger partial charge < -0.3 is 4.90 Å². The summed E-state index contributed by atoms with van der Waals surface area (Å²) in [5.41, 5.74) is 1.91. The van der Waals surface area contributed by atoms with Crippen molar-refractivity contribution in [3.8, 4) is 0 Å². The van der Waals surface area contributed by atoms with Crippen molar-refractivity contribution >= 4 is 27.3 Å². The van der Waals surface area contributed by atoms with Crippen LogP contribution in [-0.2, 0) is 16.4 Å². The molecule has 1 aliphatic rings. The summed E-state index contributed by atoms with van der Waals surface area (Å²) in [6.45, 7) is 5.56. The van der Waals surface area contributed by atoms with Crippen molar-refractivity contribution in [2.75, 3.05) is 26.2 Å². The summed E-state index contributed by atoms with van der Waals surface area (Å²) in [5, 5.41) is 0. The maximum atomic E-state index is 12.7. The van der Waals surface area contributed by atoms with Gasteiger partial charge in [-0.2, -0.15) is 4.31 Å². The van der Waals surface area contributed by atoms with Gasteiger partial charge in [0.1, 0.15) is 4.21 Å². The summed E-state index contributed by atoms with van der Waals surface area (Å²) in [5.74, 6) is -0.0268. The Balaban J connectivity index is 1.61. The van der Waals surface area contributed by atoms with Crippen LogP contribution in [-0.4, -0.2) is 49.7 Å². The molecule has 0 spiro atoms. The smallest absolute Gasteiger partial charge is 0.253 e. The minimum absolute atomic E-state index is 0.0268. The van der Waals surface area contributed by atoms with Crippen molar-refractivity contribution in [1.82, 2.24) is 9.21 Å². The van der Waals surface area contributed by atoms with Gasteiger partial charge in [0.05, 0.1) is 0 Å². The van der Waals surface area contributed by atoms with Gasteiger partial charge >= 0.3 is 0 Å². The van der Waals surface area contributed by atoms with E-state index < -0.39 is 10.0 Å². The highest BCUT2D eigenvalue weighted by atomic mass is 32.2. The Bertz CT molecular complexity index is 880. The molecule has 0 unspecified atom stereocenters. The molecule has 1 aromatic heterocycles. The van der Waals surface area contributed by atoms with Gasteiger partial charge in [0.2, 0.25) is 0 Å². The van der Waals surface area contributed by atoms with Gasteiger partial charge in [-0.15, -0.1) is 11.3 Å². The molecule has 1 aliphatic heterocycles. The first-order valence-electron chi connectivity index (χ1n) is 9.36.